The van der Waals surface area contributed by atoms with E-state index in [1.165, 1.54) is 11.8 Å². The summed E-state index contributed by atoms with van der Waals surface area (Å²) < 4.78 is 5.19. The number of anilines is 1. The number of aliphatic imine (C=N–C) groups is 1. The molecule has 0 spiro atoms. The molecule has 1 saturated heterocycles. The van der Waals surface area contributed by atoms with Crippen LogP contribution in [0.2, 0.25) is 5.02 Å². The summed E-state index contributed by atoms with van der Waals surface area (Å²) in [4.78, 5) is 28.5. The number of thioether (sulfide) groups is 1. The Labute approximate surface area is 154 Å². The number of benzene rings is 1. The summed E-state index contributed by atoms with van der Waals surface area (Å²) in [6.07, 6.45) is 1.63. The van der Waals surface area contributed by atoms with Crippen LogP contribution >= 0.6 is 23.4 Å². The monoisotopic (exact) mass is 377 g/mol. The summed E-state index contributed by atoms with van der Waals surface area (Å²) in [6, 6.07) is 8.89. The Bertz CT molecular complexity index is 821. The fourth-order valence-corrected chi connectivity index (χ4v) is 3.42. The molecule has 1 atom stereocenters. The molecule has 2 aromatic rings. The number of carbonyl (C=O) groups is 2. The molecule has 0 aliphatic carbocycles. The van der Waals surface area contributed by atoms with Gasteiger partial charge in [-0.2, -0.15) is 0 Å². The molecule has 2 N–H and O–H groups in total. The number of carbonyl (C=O) groups excluding carboxylic acids is 2. The van der Waals surface area contributed by atoms with E-state index in [0.717, 1.165) is 5.56 Å². The first-order valence-corrected chi connectivity index (χ1v) is 8.88. The fraction of sp³-hybridized carbons (Fsp3) is 0.235. The molecule has 1 aliphatic rings. The van der Waals surface area contributed by atoms with Gasteiger partial charge in [0.1, 0.15) is 11.0 Å². The zero-order chi connectivity index (χ0) is 17.8. The molecule has 1 aliphatic heterocycles. The van der Waals surface area contributed by atoms with E-state index in [4.69, 9.17) is 16.0 Å². The number of rotatable bonds is 5. The number of amidine groups is 1. The summed E-state index contributed by atoms with van der Waals surface area (Å²) >= 11 is 7.29. The summed E-state index contributed by atoms with van der Waals surface area (Å²) in [6.45, 7) is 2.17. The lowest BCUT2D eigenvalue weighted by Gasteiger charge is -2.10. The Morgan fingerprint density at radius 2 is 2.24 bits per heavy atom. The van der Waals surface area contributed by atoms with Crippen LogP contribution in [0.4, 0.5) is 5.69 Å². The molecule has 1 aromatic heterocycles. The maximum absolute atomic E-state index is 12.2. The van der Waals surface area contributed by atoms with E-state index in [0.29, 0.717) is 28.2 Å². The standard InChI is InChI=1S/C17H16ClN3O3S/c1-10-12(18)5-2-6-13(10)20-15(22)8-14-16(23)21-17(25-14)19-9-11-4-3-7-24-11/h2-7,14H,8-9H2,1H3,(H,20,22)(H,19,21,23). The van der Waals surface area contributed by atoms with Crippen LogP contribution in [0.15, 0.2) is 46.0 Å². The van der Waals surface area contributed by atoms with Gasteiger partial charge in [0.2, 0.25) is 11.8 Å². The maximum atomic E-state index is 12.2. The largest absolute Gasteiger partial charge is 0.467 e. The topological polar surface area (TPSA) is 83.7 Å². The molecule has 1 aromatic carbocycles. The first-order chi connectivity index (χ1) is 12.0. The van der Waals surface area contributed by atoms with Gasteiger partial charge in [0.25, 0.3) is 0 Å². The Hall–Kier alpha value is -2.25. The van der Waals surface area contributed by atoms with Gasteiger partial charge in [0, 0.05) is 17.1 Å². The second-order valence-electron chi connectivity index (χ2n) is 5.46. The summed E-state index contributed by atoms with van der Waals surface area (Å²) in [7, 11) is 0. The van der Waals surface area contributed by atoms with Crippen LogP contribution < -0.4 is 10.6 Å². The van der Waals surface area contributed by atoms with Crippen molar-refractivity contribution in [2.24, 2.45) is 4.99 Å². The van der Waals surface area contributed by atoms with E-state index in [2.05, 4.69) is 15.6 Å². The molecule has 2 heterocycles. The van der Waals surface area contributed by atoms with Crippen molar-refractivity contribution in [1.82, 2.24) is 5.32 Å². The Balaban J connectivity index is 1.57. The first-order valence-electron chi connectivity index (χ1n) is 7.62. The van der Waals surface area contributed by atoms with Gasteiger partial charge >= 0.3 is 0 Å². The highest BCUT2D eigenvalue weighted by Crippen LogP contribution is 2.26. The molecule has 1 fully saturated rings. The molecule has 0 radical (unpaired) electrons. The molecule has 1 unspecified atom stereocenters. The van der Waals surface area contributed by atoms with Crippen molar-refractivity contribution in [3.63, 3.8) is 0 Å². The van der Waals surface area contributed by atoms with E-state index < -0.39 is 5.25 Å². The quantitative estimate of drug-likeness (QED) is 0.836. The van der Waals surface area contributed by atoms with E-state index in [-0.39, 0.29) is 18.2 Å². The summed E-state index contributed by atoms with van der Waals surface area (Å²) in [5, 5.41) is 6.06. The van der Waals surface area contributed by atoms with E-state index in [1.807, 2.05) is 13.0 Å². The van der Waals surface area contributed by atoms with Gasteiger partial charge in [0.15, 0.2) is 5.17 Å². The molecule has 0 bridgehead atoms. The zero-order valence-electron chi connectivity index (χ0n) is 13.4. The van der Waals surface area contributed by atoms with Crippen molar-refractivity contribution in [3.05, 3.63) is 52.9 Å². The van der Waals surface area contributed by atoms with Gasteiger partial charge in [-0.1, -0.05) is 29.4 Å². The van der Waals surface area contributed by atoms with Gasteiger partial charge in [0.05, 0.1) is 12.8 Å². The second-order valence-corrected chi connectivity index (χ2v) is 7.06. The highest BCUT2D eigenvalue weighted by atomic mass is 35.5. The Morgan fingerprint density at radius 1 is 1.40 bits per heavy atom. The van der Waals surface area contributed by atoms with Crippen molar-refractivity contribution in [2.75, 3.05) is 5.32 Å². The number of halogens is 1. The molecular weight excluding hydrogens is 362 g/mol. The highest BCUT2D eigenvalue weighted by molar-refractivity contribution is 8.15. The van der Waals surface area contributed by atoms with Crippen LogP contribution in [-0.2, 0) is 16.1 Å². The van der Waals surface area contributed by atoms with Crippen molar-refractivity contribution in [2.45, 2.75) is 25.1 Å². The average molecular weight is 378 g/mol. The van der Waals surface area contributed by atoms with Crippen LogP contribution in [-0.4, -0.2) is 22.2 Å². The number of nitrogens with zero attached hydrogens (tertiary/aromatic N) is 1. The minimum Gasteiger partial charge on any atom is -0.467 e. The number of amides is 2. The minimum absolute atomic E-state index is 0.0578. The molecule has 25 heavy (non-hydrogen) atoms. The van der Waals surface area contributed by atoms with E-state index >= 15 is 0 Å². The SMILES string of the molecule is Cc1c(Cl)cccc1NC(=O)CC1SC(=NCc2ccco2)NC1=O. The molecule has 2 amide bonds. The Morgan fingerprint density at radius 3 is 3.00 bits per heavy atom. The molecule has 3 rings (SSSR count). The first kappa shape index (κ1) is 17.6. The van der Waals surface area contributed by atoms with E-state index in [1.54, 1.807) is 30.5 Å². The van der Waals surface area contributed by atoms with Crippen LogP contribution in [0.5, 0.6) is 0 Å². The summed E-state index contributed by atoms with van der Waals surface area (Å²) in [5.74, 6) is 0.242. The molecule has 6 nitrogen and oxygen atoms in total. The predicted molar refractivity (Wildman–Crippen MR) is 98.8 cm³/mol. The molecule has 8 heteroatoms. The predicted octanol–water partition coefficient (Wildman–Crippen LogP) is 3.36. The second kappa shape index (κ2) is 7.76. The van der Waals surface area contributed by atoms with Crippen molar-refractivity contribution < 1.29 is 14.0 Å². The van der Waals surface area contributed by atoms with Crippen molar-refractivity contribution in [3.8, 4) is 0 Å². The summed E-state index contributed by atoms with van der Waals surface area (Å²) in [5.41, 5.74) is 1.44. The normalized spacial score (nSPS) is 18.4. The van der Waals surface area contributed by atoms with Crippen LogP contribution in [0, 0.1) is 6.92 Å². The Kier molecular flexibility index (Phi) is 5.45. The number of hydrogen-bond acceptors (Lipinski definition) is 5. The third-order valence-corrected chi connectivity index (χ3v) is 5.18. The van der Waals surface area contributed by atoms with Gasteiger partial charge in [-0.25, -0.2) is 0 Å². The lowest BCUT2D eigenvalue weighted by Crippen LogP contribution is -2.28. The van der Waals surface area contributed by atoms with Gasteiger partial charge in [-0.3, -0.25) is 14.6 Å². The van der Waals surface area contributed by atoms with Gasteiger partial charge < -0.3 is 15.1 Å². The smallest absolute Gasteiger partial charge is 0.240 e. The van der Waals surface area contributed by atoms with Crippen LogP contribution in [0.3, 0.4) is 0 Å². The van der Waals surface area contributed by atoms with Gasteiger partial charge in [-0.15, -0.1) is 0 Å². The van der Waals surface area contributed by atoms with Crippen molar-refractivity contribution in [1.29, 1.82) is 0 Å². The molecule has 0 saturated carbocycles. The van der Waals surface area contributed by atoms with E-state index in [9.17, 15) is 9.59 Å². The zero-order valence-corrected chi connectivity index (χ0v) is 15.0. The third-order valence-electron chi connectivity index (χ3n) is 3.65. The number of furan rings is 1. The van der Waals surface area contributed by atoms with Crippen molar-refractivity contribution >= 4 is 46.0 Å². The minimum atomic E-state index is -0.505. The highest BCUT2D eigenvalue weighted by Gasteiger charge is 2.32. The van der Waals surface area contributed by atoms with Crippen LogP contribution in [0.25, 0.3) is 0 Å². The number of nitrogens with one attached hydrogen (secondary N) is 2. The number of hydrogen-bond donors (Lipinski definition) is 2. The lowest BCUT2D eigenvalue weighted by atomic mass is 10.2. The third kappa shape index (κ3) is 4.43. The molecular formula is C17H16ClN3O3S. The lowest BCUT2D eigenvalue weighted by molar-refractivity contribution is -0.122. The fourth-order valence-electron chi connectivity index (χ4n) is 2.28. The average Bonchev–Trinajstić information content (AvgIpc) is 3.20. The van der Waals surface area contributed by atoms with Gasteiger partial charge in [-0.05, 0) is 36.8 Å². The molecule has 130 valence electrons. The maximum Gasteiger partial charge on any atom is 0.240 e. The van der Waals surface area contributed by atoms with Crippen LogP contribution in [0.1, 0.15) is 17.7 Å².